The summed E-state index contributed by atoms with van der Waals surface area (Å²) in [6, 6.07) is -0.123. The highest BCUT2D eigenvalue weighted by Crippen LogP contribution is 2.22. The van der Waals surface area contributed by atoms with E-state index >= 15 is 0 Å². The predicted molar refractivity (Wildman–Crippen MR) is 74.1 cm³/mol. The smallest absolute Gasteiger partial charge is 0.323 e. The van der Waals surface area contributed by atoms with Crippen LogP contribution in [0.2, 0.25) is 0 Å². The average molecular weight is 270 g/mol. The molecule has 1 rings (SSSR count). The zero-order chi connectivity index (χ0) is 14.3. The van der Waals surface area contributed by atoms with Gasteiger partial charge in [0.05, 0.1) is 0 Å². The molecule has 0 saturated carbocycles. The van der Waals surface area contributed by atoms with Crippen molar-refractivity contribution in [2.24, 2.45) is 5.92 Å². The van der Waals surface area contributed by atoms with E-state index in [-0.39, 0.29) is 12.6 Å². The number of likely N-dealkylation sites (N-methyl/N-ethyl adjacent to an activating group) is 1. The number of urea groups is 1. The normalized spacial score (nSPS) is 19.9. The summed E-state index contributed by atoms with van der Waals surface area (Å²) in [7, 11) is 0. The minimum atomic E-state index is -0.950. The van der Waals surface area contributed by atoms with Crippen LogP contribution in [-0.2, 0) is 4.79 Å². The van der Waals surface area contributed by atoms with Crippen molar-refractivity contribution in [1.82, 2.24) is 9.80 Å². The first kappa shape index (κ1) is 15.8. The molecule has 5 heteroatoms. The molecule has 1 unspecified atom stereocenters. The molecule has 0 bridgehead atoms. The molecule has 1 fully saturated rings. The van der Waals surface area contributed by atoms with Crippen molar-refractivity contribution in [2.75, 3.05) is 26.2 Å². The third kappa shape index (κ3) is 5.09. The van der Waals surface area contributed by atoms with E-state index in [0.29, 0.717) is 6.54 Å². The number of carboxylic acids is 1. The third-order valence-electron chi connectivity index (χ3n) is 3.79. The van der Waals surface area contributed by atoms with Gasteiger partial charge in [-0.3, -0.25) is 4.79 Å². The minimum absolute atomic E-state index is 0.123. The van der Waals surface area contributed by atoms with Crippen LogP contribution in [0.1, 0.15) is 46.0 Å². The van der Waals surface area contributed by atoms with E-state index in [4.69, 9.17) is 5.11 Å². The van der Waals surface area contributed by atoms with Crippen LogP contribution in [0.3, 0.4) is 0 Å². The number of hydrogen-bond acceptors (Lipinski definition) is 2. The Morgan fingerprint density at radius 3 is 2.58 bits per heavy atom. The number of carboxylic acid groups (broad SMARTS) is 1. The quantitative estimate of drug-likeness (QED) is 0.834. The van der Waals surface area contributed by atoms with E-state index in [1.165, 1.54) is 24.2 Å². The van der Waals surface area contributed by atoms with Crippen LogP contribution in [-0.4, -0.2) is 53.1 Å². The van der Waals surface area contributed by atoms with Crippen LogP contribution in [0.25, 0.3) is 0 Å². The van der Waals surface area contributed by atoms with E-state index in [2.05, 4.69) is 6.92 Å². The van der Waals surface area contributed by atoms with Crippen molar-refractivity contribution in [3.63, 3.8) is 0 Å². The number of carbonyl (C=O) groups is 2. The predicted octanol–water partition coefficient (Wildman–Crippen LogP) is 2.42. The second-order valence-electron chi connectivity index (χ2n) is 5.26. The molecule has 5 nitrogen and oxygen atoms in total. The largest absolute Gasteiger partial charge is 0.480 e. The summed E-state index contributed by atoms with van der Waals surface area (Å²) in [5, 5.41) is 8.82. The van der Waals surface area contributed by atoms with E-state index in [9.17, 15) is 9.59 Å². The lowest BCUT2D eigenvalue weighted by Gasteiger charge is -2.28. The number of amides is 2. The van der Waals surface area contributed by atoms with Crippen LogP contribution in [0.4, 0.5) is 4.79 Å². The van der Waals surface area contributed by atoms with Crippen LogP contribution in [0, 0.1) is 5.92 Å². The zero-order valence-electron chi connectivity index (χ0n) is 12.1. The number of hydrogen-bond donors (Lipinski definition) is 1. The Balaban J connectivity index is 2.53. The molecule has 1 N–H and O–H groups in total. The van der Waals surface area contributed by atoms with Gasteiger partial charge in [0.1, 0.15) is 6.54 Å². The Hall–Kier alpha value is -1.26. The molecule has 1 saturated heterocycles. The molecular formula is C14H26N2O3. The summed E-state index contributed by atoms with van der Waals surface area (Å²) >= 11 is 0. The summed E-state index contributed by atoms with van der Waals surface area (Å²) in [5.41, 5.74) is 0. The molecule has 0 spiro atoms. The van der Waals surface area contributed by atoms with Gasteiger partial charge in [0.15, 0.2) is 0 Å². The molecule has 110 valence electrons. The van der Waals surface area contributed by atoms with Crippen molar-refractivity contribution in [3.05, 3.63) is 0 Å². The standard InChI is InChI=1S/C14H26N2O3/c1-3-6-12-7-5-9-16(10-8-12)14(19)15(4-2)11-13(17)18/h12H,3-11H2,1-2H3,(H,17,18). The van der Waals surface area contributed by atoms with Crippen molar-refractivity contribution < 1.29 is 14.7 Å². The fraction of sp³-hybridized carbons (Fsp3) is 0.857. The lowest BCUT2D eigenvalue weighted by Crippen LogP contribution is -2.45. The fourth-order valence-corrected chi connectivity index (χ4v) is 2.73. The van der Waals surface area contributed by atoms with E-state index < -0.39 is 5.97 Å². The van der Waals surface area contributed by atoms with E-state index in [0.717, 1.165) is 31.8 Å². The lowest BCUT2D eigenvalue weighted by atomic mass is 9.96. The van der Waals surface area contributed by atoms with Crippen LogP contribution in [0.5, 0.6) is 0 Å². The maximum atomic E-state index is 12.3. The number of likely N-dealkylation sites (tertiary alicyclic amines) is 1. The van der Waals surface area contributed by atoms with Gasteiger partial charge in [0, 0.05) is 19.6 Å². The molecule has 0 aromatic heterocycles. The summed E-state index contributed by atoms with van der Waals surface area (Å²) in [4.78, 5) is 26.2. The van der Waals surface area contributed by atoms with E-state index in [1.807, 2.05) is 11.8 Å². The summed E-state index contributed by atoms with van der Waals surface area (Å²) in [6.07, 6.45) is 5.68. The van der Waals surface area contributed by atoms with E-state index in [1.54, 1.807) is 0 Å². The van der Waals surface area contributed by atoms with Gasteiger partial charge in [0.2, 0.25) is 0 Å². The molecule has 0 aromatic rings. The Kier molecular flexibility index (Phi) is 6.67. The van der Waals surface area contributed by atoms with Gasteiger partial charge in [-0.1, -0.05) is 19.8 Å². The highest BCUT2D eigenvalue weighted by molar-refractivity contribution is 5.80. The Labute approximate surface area is 115 Å². The Morgan fingerprint density at radius 1 is 1.26 bits per heavy atom. The highest BCUT2D eigenvalue weighted by Gasteiger charge is 2.24. The average Bonchev–Trinajstić information content (AvgIpc) is 2.61. The number of nitrogens with zero attached hydrogens (tertiary/aromatic N) is 2. The van der Waals surface area contributed by atoms with Gasteiger partial charge in [-0.25, -0.2) is 4.79 Å². The molecule has 1 heterocycles. The maximum Gasteiger partial charge on any atom is 0.323 e. The first-order valence-corrected chi connectivity index (χ1v) is 7.34. The van der Waals surface area contributed by atoms with Crippen LogP contribution >= 0.6 is 0 Å². The summed E-state index contributed by atoms with van der Waals surface area (Å²) in [6.45, 7) is 5.77. The first-order valence-electron chi connectivity index (χ1n) is 7.34. The van der Waals surface area contributed by atoms with Crippen molar-refractivity contribution >= 4 is 12.0 Å². The number of aliphatic carboxylic acids is 1. The fourth-order valence-electron chi connectivity index (χ4n) is 2.73. The van der Waals surface area contributed by atoms with Gasteiger partial charge in [-0.05, 0) is 32.1 Å². The van der Waals surface area contributed by atoms with Gasteiger partial charge < -0.3 is 14.9 Å². The van der Waals surface area contributed by atoms with Crippen molar-refractivity contribution in [1.29, 1.82) is 0 Å². The Morgan fingerprint density at radius 2 is 2.00 bits per heavy atom. The maximum absolute atomic E-state index is 12.3. The van der Waals surface area contributed by atoms with Crippen LogP contribution in [0.15, 0.2) is 0 Å². The lowest BCUT2D eigenvalue weighted by molar-refractivity contribution is -0.137. The van der Waals surface area contributed by atoms with Gasteiger partial charge in [-0.15, -0.1) is 0 Å². The van der Waals surface area contributed by atoms with Gasteiger partial charge >= 0.3 is 12.0 Å². The number of rotatable bonds is 5. The second-order valence-corrected chi connectivity index (χ2v) is 5.26. The molecule has 1 aliphatic heterocycles. The highest BCUT2D eigenvalue weighted by atomic mass is 16.4. The molecule has 0 aliphatic carbocycles. The molecular weight excluding hydrogens is 244 g/mol. The van der Waals surface area contributed by atoms with Gasteiger partial charge in [0.25, 0.3) is 0 Å². The van der Waals surface area contributed by atoms with Crippen LogP contribution < -0.4 is 0 Å². The number of carbonyl (C=O) groups excluding carboxylic acids is 1. The Bertz CT molecular complexity index is 307. The molecule has 0 radical (unpaired) electrons. The molecule has 1 atom stereocenters. The topological polar surface area (TPSA) is 60.9 Å². The minimum Gasteiger partial charge on any atom is -0.480 e. The molecule has 0 aromatic carbocycles. The van der Waals surface area contributed by atoms with Crippen molar-refractivity contribution in [2.45, 2.75) is 46.0 Å². The SMILES string of the molecule is CCCC1CCCN(C(=O)N(CC)CC(=O)O)CC1. The zero-order valence-corrected chi connectivity index (χ0v) is 12.1. The molecule has 19 heavy (non-hydrogen) atoms. The monoisotopic (exact) mass is 270 g/mol. The molecule has 2 amide bonds. The van der Waals surface area contributed by atoms with Crippen molar-refractivity contribution in [3.8, 4) is 0 Å². The van der Waals surface area contributed by atoms with Gasteiger partial charge in [-0.2, -0.15) is 0 Å². The first-order chi connectivity index (χ1) is 9.08. The third-order valence-corrected chi connectivity index (χ3v) is 3.79. The summed E-state index contributed by atoms with van der Waals surface area (Å²) < 4.78 is 0. The summed E-state index contributed by atoms with van der Waals surface area (Å²) in [5.74, 6) is -0.230. The second kappa shape index (κ2) is 8.02. The molecule has 1 aliphatic rings.